The van der Waals surface area contributed by atoms with Gasteiger partial charge in [0.05, 0.1) is 29.5 Å². The van der Waals surface area contributed by atoms with E-state index in [0.29, 0.717) is 16.7 Å². The van der Waals surface area contributed by atoms with Gasteiger partial charge in [-0.3, -0.25) is 9.59 Å². The van der Waals surface area contributed by atoms with Crippen molar-refractivity contribution >= 4 is 46.0 Å². The maximum Gasteiger partial charge on any atom is 0.405 e. The lowest BCUT2D eigenvalue weighted by Gasteiger charge is -2.13. The molecule has 3 rings (SSSR count). The molecular formula is C17H14F3N5O2S. The Bertz CT molecular complexity index is 1010. The third-order valence-electron chi connectivity index (χ3n) is 3.62. The Labute approximate surface area is 161 Å². The minimum atomic E-state index is -4.51. The highest BCUT2D eigenvalue weighted by atomic mass is 32.1. The lowest BCUT2D eigenvalue weighted by molar-refractivity contribution is -0.123. The van der Waals surface area contributed by atoms with E-state index in [1.54, 1.807) is 29.6 Å². The zero-order valence-corrected chi connectivity index (χ0v) is 15.0. The van der Waals surface area contributed by atoms with E-state index in [4.69, 9.17) is 0 Å². The number of nitrogens with zero attached hydrogens (tertiary/aromatic N) is 2. The molecule has 0 radical (unpaired) electrons. The van der Waals surface area contributed by atoms with Gasteiger partial charge in [0.2, 0.25) is 5.91 Å². The molecule has 28 heavy (non-hydrogen) atoms. The first-order valence-electron chi connectivity index (χ1n) is 8.02. The van der Waals surface area contributed by atoms with Crippen LogP contribution in [0.2, 0.25) is 0 Å². The Hall–Kier alpha value is -3.21. The predicted octanol–water partition coefficient (Wildman–Crippen LogP) is 3.03. The van der Waals surface area contributed by atoms with Gasteiger partial charge in [0, 0.05) is 5.69 Å². The maximum absolute atomic E-state index is 12.3. The molecule has 7 nitrogen and oxygen atoms in total. The number of rotatable bonds is 6. The number of hydrogen-bond donors (Lipinski definition) is 3. The van der Waals surface area contributed by atoms with Crippen molar-refractivity contribution in [2.75, 3.05) is 23.7 Å². The SMILES string of the molecule is O=C(CNc1ccccc1C(=O)NCC(F)(F)F)Nc1cccc2nsnc12. The van der Waals surface area contributed by atoms with Crippen LogP contribution in [0.15, 0.2) is 42.5 Å². The number of halogens is 3. The van der Waals surface area contributed by atoms with E-state index < -0.39 is 24.5 Å². The molecule has 2 amide bonds. The minimum absolute atomic E-state index is 0.00496. The summed E-state index contributed by atoms with van der Waals surface area (Å²) >= 11 is 1.02. The van der Waals surface area contributed by atoms with Crippen LogP contribution in [0.3, 0.4) is 0 Å². The summed E-state index contributed by atoms with van der Waals surface area (Å²) in [5, 5.41) is 7.26. The third kappa shape index (κ3) is 4.94. The maximum atomic E-state index is 12.3. The van der Waals surface area contributed by atoms with Crippen LogP contribution < -0.4 is 16.0 Å². The van der Waals surface area contributed by atoms with Gasteiger partial charge in [-0.15, -0.1) is 0 Å². The van der Waals surface area contributed by atoms with Crippen molar-refractivity contribution in [3.05, 3.63) is 48.0 Å². The van der Waals surface area contributed by atoms with E-state index in [2.05, 4.69) is 19.4 Å². The van der Waals surface area contributed by atoms with E-state index in [-0.39, 0.29) is 17.8 Å². The Morgan fingerprint density at radius 1 is 1.00 bits per heavy atom. The monoisotopic (exact) mass is 409 g/mol. The molecule has 3 aromatic rings. The lowest BCUT2D eigenvalue weighted by atomic mass is 10.1. The number of fused-ring (bicyclic) bond motifs is 1. The molecule has 146 valence electrons. The molecule has 0 saturated heterocycles. The second-order valence-corrected chi connectivity index (χ2v) is 6.21. The second-order valence-electron chi connectivity index (χ2n) is 5.68. The summed E-state index contributed by atoms with van der Waals surface area (Å²) < 4.78 is 45.1. The van der Waals surface area contributed by atoms with Crippen LogP contribution in [-0.4, -0.2) is 39.8 Å². The van der Waals surface area contributed by atoms with Gasteiger partial charge in [-0.25, -0.2) is 0 Å². The molecule has 0 unspecified atom stereocenters. The molecule has 0 atom stereocenters. The highest BCUT2D eigenvalue weighted by Crippen LogP contribution is 2.21. The number of alkyl halides is 3. The molecule has 0 spiro atoms. The second kappa shape index (κ2) is 8.21. The Kier molecular flexibility index (Phi) is 5.73. The van der Waals surface area contributed by atoms with Crippen molar-refractivity contribution in [2.24, 2.45) is 0 Å². The van der Waals surface area contributed by atoms with E-state index in [9.17, 15) is 22.8 Å². The molecule has 0 aliphatic rings. The van der Waals surface area contributed by atoms with Crippen LogP contribution in [0.1, 0.15) is 10.4 Å². The summed E-state index contributed by atoms with van der Waals surface area (Å²) in [4.78, 5) is 24.2. The molecule has 0 saturated carbocycles. The molecule has 2 aromatic carbocycles. The summed E-state index contributed by atoms with van der Waals surface area (Å²) in [6.45, 7) is -1.64. The summed E-state index contributed by atoms with van der Waals surface area (Å²) in [6, 6.07) is 11.2. The first kappa shape index (κ1) is 19.5. The summed E-state index contributed by atoms with van der Waals surface area (Å²) in [7, 11) is 0. The Balaban J connectivity index is 1.63. The van der Waals surface area contributed by atoms with Crippen molar-refractivity contribution in [3.63, 3.8) is 0 Å². The summed E-state index contributed by atoms with van der Waals surface area (Å²) in [5.74, 6) is -1.30. The van der Waals surface area contributed by atoms with Crippen LogP contribution in [0.4, 0.5) is 24.5 Å². The average Bonchev–Trinajstić information content (AvgIpc) is 3.14. The normalized spacial score (nSPS) is 11.2. The first-order valence-corrected chi connectivity index (χ1v) is 8.75. The zero-order chi connectivity index (χ0) is 20.1. The van der Waals surface area contributed by atoms with Crippen LogP contribution >= 0.6 is 11.7 Å². The van der Waals surface area contributed by atoms with Gasteiger partial charge in [0.1, 0.15) is 17.6 Å². The fraction of sp³-hybridized carbons (Fsp3) is 0.176. The van der Waals surface area contributed by atoms with Gasteiger partial charge < -0.3 is 16.0 Å². The first-order chi connectivity index (χ1) is 13.3. The molecule has 3 N–H and O–H groups in total. The Morgan fingerprint density at radius 2 is 1.75 bits per heavy atom. The fourth-order valence-corrected chi connectivity index (χ4v) is 2.94. The predicted molar refractivity (Wildman–Crippen MR) is 99.4 cm³/mol. The van der Waals surface area contributed by atoms with Gasteiger partial charge in [0.25, 0.3) is 5.91 Å². The van der Waals surface area contributed by atoms with Crippen LogP contribution in [0.5, 0.6) is 0 Å². The van der Waals surface area contributed by atoms with E-state index >= 15 is 0 Å². The highest BCUT2D eigenvalue weighted by molar-refractivity contribution is 7.00. The standard InChI is InChI=1S/C17H14F3N5O2S/c18-17(19,20)9-22-16(27)10-4-1-2-5-11(10)21-8-14(26)23-12-6-3-7-13-15(12)25-28-24-13/h1-7,21H,8-9H2,(H,22,27)(H,23,26). The van der Waals surface area contributed by atoms with Crippen LogP contribution in [0, 0.1) is 0 Å². The molecular weight excluding hydrogens is 395 g/mol. The molecule has 0 fully saturated rings. The number of nitrogens with one attached hydrogen (secondary N) is 3. The van der Waals surface area contributed by atoms with E-state index in [1.807, 2.05) is 0 Å². The number of carbonyl (C=O) groups is 2. The molecule has 0 bridgehead atoms. The number of para-hydroxylation sites is 1. The number of benzene rings is 2. The molecule has 0 aliphatic heterocycles. The Morgan fingerprint density at radius 3 is 2.54 bits per heavy atom. The van der Waals surface area contributed by atoms with Crippen molar-refractivity contribution < 1.29 is 22.8 Å². The molecule has 0 aliphatic carbocycles. The number of carbonyl (C=O) groups excluding carboxylic acids is 2. The lowest BCUT2D eigenvalue weighted by Crippen LogP contribution is -2.34. The van der Waals surface area contributed by atoms with Crippen molar-refractivity contribution in [1.82, 2.24) is 14.1 Å². The van der Waals surface area contributed by atoms with Gasteiger partial charge in [-0.2, -0.15) is 21.9 Å². The number of hydrogen-bond acceptors (Lipinski definition) is 6. The largest absolute Gasteiger partial charge is 0.405 e. The molecule has 1 aromatic heterocycles. The minimum Gasteiger partial charge on any atom is -0.376 e. The quantitative estimate of drug-likeness (QED) is 0.582. The summed E-state index contributed by atoms with van der Waals surface area (Å²) in [5.41, 5.74) is 1.96. The third-order valence-corrected chi connectivity index (χ3v) is 4.16. The van der Waals surface area contributed by atoms with Crippen LogP contribution in [-0.2, 0) is 4.79 Å². The van der Waals surface area contributed by atoms with Crippen molar-refractivity contribution in [1.29, 1.82) is 0 Å². The van der Waals surface area contributed by atoms with Crippen molar-refractivity contribution in [3.8, 4) is 0 Å². The number of aromatic nitrogens is 2. The molecule has 11 heteroatoms. The van der Waals surface area contributed by atoms with Crippen LogP contribution in [0.25, 0.3) is 11.0 Å². The fourth-order valence-electron chi connectivity index (χ4n) is 2.39. The topological polar surface area (TPSA) is 96.0 Å². The van der Waals surface area contributed by atoms with Gasteiger partial charge in [-0.05, 0) is 24.3 Å². The van der Waals surface area contributed by atoms with E-state index in [0.717, 1.165) is 11.7 Å². The summed E-state index contributed by atoms with van der Waals surface area (Å²) in [6.07, 6.45) is -4.51. The molecule has 1 heterocycles. The highest BCUT2D eigenvalue weighted by Gasteiger charge is 2.28. The van der Waals surface area contributed by atoms with Gasteiger partial charge >= 0.3 is 6.18 Å². The smallest absolute Gasteiger partial charge is 0.376 e. The zero-order valence-electron chi connectivity index (χ0n) is 14.2. The van der Waals surface area contributed by atoms with Gasteiger partial charge in [0.15, 0.2) is 0 Å². The van der Waals surface area contributed by atoms with E-state index in [1.165, 1.54) is 18.2 Å². The number of amides is 2. The van der Waals surface area contributed by atoms with Gasteiger partial charge in [-0.1, -0.05) is 18.2 Å². The van der Waals surface area contributed by atoms with Crippen molar-refractivity contribution in [2.45, 2.75) is 6.18 Å². The average molecular weight is 409 g/mol. The number of anilines is 2.